The molecule has 0 saturated heterocycles. The smallest absolute Gasteiger partial charge is 0.0399 e. The molecule has 0 heterocycles. The molecule has 2 nitrogen and oxygen atoms in total. The van der Waals surface area contributed by atoms with E-state index >= 15 is 0 Å². The molecule has 13 heavy (non-hydrogen) atoms. The molecule has 0 aliphatic heterocycles. The number of halogens is 1. The molecule has 2 N–H and O–H groups in total. The van der Waals surface area contributed by atoms with Crippen molar-refractivity contribution in [1.29, 1.82) is 0 Å². The molecule has 0 atom stereocenters. The Balaban J connectivity index is 2.67. The minimum absolute atomic E-state index is 0.597. The molecule has 0 saturated carbocycles. The first-order valence-electron chi connectivity index (χ1n) is 4.34. The Labute approximate surface area is 84.3 Å². The highest BCUT2D eigenvalue weighted by Gasteiger charge is 1.98. The third-order valence-corrected chi connectivity index (χ3v) is 2.20. The van der Waals surface area contributed by atoms with Crippen LogP contribution in [0.25, 0.3) is 0 Å². The van der Waals surface area contributed by atoms with Gasteiger partial charge < -0.3 is 10.6 Å². The molecule has 0 amide bonds. The van der Waals surface area contributed by atoms with Crippen LogP contribution in [0.5, 0.6) is 0 Å². The summed E-state index contributed by atoms with van der Waals surface area (Å²) in [4.78, 5) is 2.12. The van der Waals surface area contributed by atoms with Gasteiger partial charge in [-0.05, 0) is 17.7 Å². The van der Waals surface area contributed by atoms with Crippen LogP contribution in [-0.4, -0.2) is 19.5 Å². The van der Waals surface area contributed by atoms with Gasteiger partial charge in [-0.25, -0.2) is 0 Å². The minimum atomic E-state index is 0.597. The van der Waals surface area contributed by atoms with E-state index in [4.69, 9.17) is 17.3 Å². The first-order chi connectivity index (χ1) is 6.27. The average Bonchev–Trinajstić information content (AvgIpc) is 2.18. The van der Waals surface area contributed by atoms with Crippen LogP contribution < -0.4 is 10.6 Å². The van der Waals surface area contributed by atoms with Crippen LogP contribution in [0, 0.1) is 0 Å². The largest absolute Gasteiger partial charge is 0.373 e. The quantitative estimate of drug-likeness (QED) is 0.748. The first kappa shape index (κ1) is 10.4. The predicted octanol–water partition coefficient (Wildman–Crippen LogP) is 1.82. The molecule has 0 fully saturated rings. The fourth-order valence-corrected chi connectivity index (χ4v) is 1.40. The standard InChI is InChI=1S/C10H15ClN2/c1-13(7-6-11)10-4-2-9(8-12)3-5-10/h2-5H,6-8,12H2,1H3. The number of benzene rings is 1. The molecule has 3 heteroatoms. The van der Waals surface area contributed by atoms with E-state index in [-0.39, 0.29) is 0 Å². The molecular weight excluding hydrogens is 184 g/mol. The second-order valence-electron chi connectivity index (χ2n) is 2.98. The van der Waals surface area contributed by atoms with Crippen LogP contribution in [-0.2, 0) is 6.54 Å². The van der Waals surface area contributed by atoms with E-state index < -0.39 is 0 Å². The lowest BCUT2D eigenvalue weighted by molar-refractivity contribution is 0.970. The van der Waals surface area contributed by atoms with E-state index in [2.05, 4.69) is 17.0 Å². The van der Waals surface area contributed by atoms with Gasteiger partial charge in [0.05, 0.1) is 0 Å². The minimum Gasteiger partial charge on any atom is -0.373 e. The van der Waals surface area contributed by atoms with Gasteiger partial charge in [0, 0.05) is 31.7 Å². The Morgan fingerprint density at radius 2 is 1.92 bits per heavy atom. The summed E-state index contributed by atoms with van der Waals surface area (Å²) < 4.78 is 0. The van der Waals surface area contributed by atoms with Crippen molar-refractivity contribution in [3.05, 3.63) is 29.8 Å². The number of alkyl halides is 1. The number of rotatable bonds is 4. The molecule has 0 aromatic heterocycles. The zero-order valence-corrected chi connectivity index (χ0v) is 8.59. The topological polar surface area (TPSA) is 29.3 Å². The van der Waals surface area contributed by atoms with Crippen molar-refractivity contribution in [2.45, 2.75) is 6.54 Å². The monoisotopic (exact) mass is 198 g/mol. The number of nitrogens with two attached hydrogens (primary N) is 1. The maximum absolute atomic E-state index is 5.64. The molecule has 0 aliphatic rings. The highest BCUT2D eigenvalue weighted by Crippen LogP contribution is 2.13. The van der Waals surface area contributed by atoms with E-state index in [0.29, 0.717) is 12.4 Å². The van der Waals surface area contributed by atoms with Crippen molar-refractivity contribution >= 4 is 17.3 Å². The van der Waals surface area contributed by atoms with Crippen LogP contribution in [0.1, 0.15) is 5.56 Å². The molecule has 1 aromatic carbocycles. The fourth-order valence-electron chi connectivity index (χ4n) is 1.14. The molecule has 0 unspecified atom stereocenters. The van der Waals surface area contributed by atoms with Gasteiger partial charge in [0.25, 0.3) is 0 Å². The second kappa shape index (κ2) is 5.10. The molecule has 1 aromatic rings. The van der Waals surface area contributed by atoms with Crippen molar-refractivity contribution < 1.29 is 0 Å². The Morgan fingerprint density at radius 1 is 1.31 bits per heavy atom. The maximum atomic E-state index is 5.64. The number of hydrogen-bond donors (Lipinski definition) is 1. The summed E-state index contributed by atoms with van der Waals surface area (Å²) in [5.41, 5.74) is 7.83. The van der Waals surface area contributed by atoms with Crippen molar-refractivity contribution in [3.63, 3.8) is 0 Å². The van der Waals surface area contributed by atoms with Crippen molar-refractivity contribution in [3.8, 4) is 0 Å². The molecule has 72 valence electrons. The first-order valence-corrected chi connectivity index (χ1v) is 4.87. The van der Waals surface area contributed by atoms with Gasteiger partial charge in [-0.2, -0.15) is 0 Å². The van der Waals surface area contributed by atoms with E-state index in [9.17, 15) is 0 Å². The van der Waals surface area contributed by atoms with Gasteiger partial charge in [-0.3, -0.25) is 0 Å². The van der Waals surface area contributed by atoms with Gasteiger partial charge in [-0.15, -0.1) is 11.6 Å². The number of nitrogens with zero attached hydrogens (tertiary/aromatic N) is 1. The number of hydrogen-bond acceptors (Lipinski definition) is 2. The Hall–Kier alpha value is -0.730. The van der Waals surface area contributed by atoms with E-state index in [1.807, 2.05) is 19.2 Å². The lowest BCUT2D eigenvalue weighted by Gasteiger charge is -2.17. The summed E-state index contributed by atoms with van der Waals surface area (Å²) >= 11 is 5.64. The highest BCUT2D eigenvalue weighted by atomic mass is 35.5. The third-order valence-electron chi connectivity index (χ3n) is 2.03. The zero-order valence-electron chi connectivity index (χ0n) is 7.83. The Kier molecular flexibility index (Phi) is 4.06. The Morgan fingerprint density at radius 3 is 2.38 bits per heavy atom. The van der Waals surface area contributed by atoms with Crippen LogP contribution in [0.2, 0.25) is 0 Å². The Bertz CT molecular complexity index is 246. The second-order valence-corrected chi connectivity index (χ2v) is 3.36. The normalized spacial score (nSPS) is 10.1. The highest BCUT2D eigenvalue weighted by molar-refractivity contribution is 6.18. The SMILES string of the molecule is CN(CCCl)c1ccc(CN)cc1. The van der Waals surface area contributed by atoms with Crippen LogP contribution in [0.3, 0.4) is 0 Å². The lowest BCUT2D eigenvalue weighted by Crippen LogP contribution is -2.19. The van der Waals surface area contributed by atoms with E-state index in [0.717, 1.165) is 12.1 Å². The fraction of sp³-hybridized carbons (Fsp3) is 0.400. The molecular formula is C10H15ClN2. The third kappa shape index (κ3) is 2.90. The summed E-state index contributed by atoms with van der Waals surface area (Å²) in [6, 6.07) is 8.21. The lowest BCUT2D eigenvalue weighted by atomic mass is 10.2. The molecule has 0 radical (unpaired) electrons. The predicted molar refractivity (Wildman–Crippen MR) is 58.3 cm³/mol. The van der Waals surface area contributed by atoms with Gasteiger partial charge in [0.15, 0.2) is 0 Å². The van der Waals surface area contributed by atoms with Crippen molar-refractivity contribution in [2.24, 2.45) is 5.73 Å². The van der Waals surface area contributed by atoms with Crippen LogP contribution >= 0.6 is 11.6 Å². The molecule has 1 rings (SSSR count). The van der Waals surface area contributed by atoms with Crippen LogP contribution in [0.4, 0.5) is 5.69 Å². The van der Waals surface area contributed by atoms with Gasteiger partial charge in [0.2, 0.25) is 0 Å². The summed E-state index contributed by atoms with van der Waals surface area (Å²) in [6.45, 7) is 1.46. The van der Waals surface area contributed by atoms with Gasteiger partial charge >= 0.3 is 0 Å². The summed E-state index contributed by atoms with van der Waals surface area (Å²) in [7, 11) is 2.03. The molecule has 0 spiro atoms. The summed E-state index contributed by atoms with van der Waals surface area (Å²) in [6.07, 6.45) is 0. The van der Waals surface area contributed by atoms with Gasteiger partial charge in [-0.1, -0.05) is 12.1 Å². The molecule has 0 aliphatic carbocycles. The molecule has 0 bridgehead atoms. The average molecular weight is 199 g/mol. The van der Waals surface area contributed by atoms with E-state index in [1.165, 1.54) is 5.69 Å². The maximum Gasteiger partial charge on any atom is 0.0399 e. The van der Waals surface area contributed by atoms with E-state index in [1.54, 1.807) is 0 Å². The zero-order chi connectivity index (χ0) is 9.68. The number of anilines is 1. The van der Waals surface area contributed by atoms with Crippen molar-refractivity contribution in [2.75, 3.05) is 24.4 Å². The summed E-state index contributed by atoms with van der Waals surface area (Å²) in [5.74, 6) is 0.648. The van der Waals surface area contributed by atoms with Crippen molar-refractivity contribution in [1.82, 2.24) is 0 Å². The van der Waals surface area contributed by atoms with Gasteiger partial charge in [0.1, 0.15) is 0 Å². The van der Waals surface area contributed by atoms with Crippen LogP contribution in [0.15, 0.2) is 24.3 Å². The summed E-state index contributed by atoms with van der Waals surface area (Å²) in [5, 5.41) is 0.